The summed E-state index contributed by atoms with van der Waals surface area (Å²) in [6, 6.07) is -0.935. The van der Waals surface area contributed by atoms with Gasteiger partial charge in [-0.3, -0.25) is 9.59 Å². The number of carbonyl (C=O) groups excluding carboxylic acids is 2. The molecule has 15 heavy (non-hydrogen) atoms. The topological polar surface area (TPSA) is 125 Å². The molecule has 2 amide bonds. The molecule has 0 radical (unpaired) electrons. The van der Waals surface area contributed by atoms with E-state index in [4.69, 9.17) is 15.9 Å². The second kappa shape index (κ2) is 8.16. The lowest BCUT2D eigenvalue weighted by Crippen LogP contribution is -2.44. The normalized spacial score (nSPS) is 11.9. The standard InChI is InChI=1S/C8H17N3O4/c9-6(8(15)11-2-4-13)5-7(14)10-1-3-12/h6,12-13H,1-5,9H2,(H,10,14)(H,11,15). The number of hydrogen-bond donors (Lipinski definition) is 5. The van der Waals surface area contributed by atoms with Crippen molar-refractivity contribution in [2.24, 2.45) is 5.73 Å². The van der Waals surface area contributed by atoms with Crippen LogP contribution in [0.1, 0.15) is 6.42 Å². The summed E-state index contributed by atoms with van der Waals surface area (Å²) < 4.78 is 0. The van der Waals surface area contributed by atoms with E-state index in [9.17, 15) is 9.59 Å². The quantitative estimate of drug-likeness (QED) is 0.310. The van der Waals surface area contributed by atoms with Gasteiger partial charge in [-0.15, -0.1) is 0 Å². The highest BCUT2D eigenvalue weighted by Crippen LogP contribution is 1.88. The van der Waals surface area contributed by atoms with Crippen LogP contribution in [0.4, 0.5) is 0 Å². The van der Waals surface area contributed by atoms with Gasteiger partial charge in [0.15, 0.2) is 0 Å². The third-order valence-electron chi connectivity index (χ3n) is 1.59. The molecule has 88 valence electrons. The fraction of sp³-hybridized carbons (Fsp3) is 0.750. The molecule has 0 heterocycles. The van der Waals surface area contributed by atoms with E-state index in [0.717, 1.165) is 0 Å². The smallest absolute Gasteiger partial charge is 0.237 e. The van der Waals surface area contributed by atoms with E-state index < -0.39 is 17.9 Å². The first-order chi connectivity index (χ1) is 7.11. The minimum Gasteiger partial charge on any atom is -0.395 e. The Balaban J connectivity index is 3.75. The minimum atomic E-state index is -0.935. The van der Waals surface area contributed by atoms with Crippen molar-refractivity contribution in [1.29, 1.82) is 0 Å². The van der Waals surface area contributed by atoms with Crippen molar-refractivity contribution in [3.63, 3.8) is 0 Å². The first-order valence-electron chi connectivity index (χ1n) is 4.63. The third-order valence-corrected chi connectivity index (χ3v) is 1.59. The zero-order valence-electron chi connectivity index (χ0n) is 8.40. The number of carbonyl (C=O) groups is 2. The first kappa shape index (κ1) is 13.8. The van der Waals surface area contributed by atoms with Crippen LogP contribution in [0.3, 0.4) is 0 Å². The molecule has 0 saturated carbocycles. The van der Waals surface area contributed by atoms with E-state index in [1.165, 1.54) is 0 Å². The van der Waals surface area contributed by atoms with Gasteiger partial charge in [0.1, 0.15) is 0 Å². The molecule has 1 unspecified atom stereocenters. The van der Waals surface area contributed by atoms with E-state index in [2.05, 4.69) is 10.6 Å². The molecular weight excluding hydrogens is 202 g/mol. The Kier molecular flexibility index (Phi) is 7.51. The average Bonchev–Trinajstić information content (AvgIpc) is 2.22. The van der Waals surface area contributed by atoms with Crippen LogP contribution in [0.5, 0.6) is 0 Å². The summed E-state index contributed by atoms with van der Waals surface area (Å²) in [4.78, 5) is 22.2. The largest absolute Gasteiger partial charge is 0.395 e. The highest BCUT2D eigenvalue weighted by molar-refractivity contribution is 5.88. The van der Waals surface area contributed by atoms with Gasteiger partial charge in [-0.25, -0.2) is 0 Å². The molecule has 6 N–H and O–H groups in total. The molecule has 0 aromatic carbocycles. The summed E-state index contributed by atoms with van der Waals surface area (Å²) in [5.74, 6) is -0.876. The summed E-state index contributed by atoms with van der Waals surface area (Å²) in [5, 5.41) is 21.6. The molecule has 1 atom stereocenters. The molecule has 7 heteroatoms. The zero-order chi connectivity index (χ0) is 11.7. The molecule has 0 spiro atoms. The van der Waals surface area contributed by atoms with Crippen molar-refractivity contribution in [3.05, 3.63) is 0 Å². The van der Waals surface area contributed by atoms with Crippen molar-refractivity contribution in [1.82, 2.24) is 10.6 Å². The lowest BCUT2D eigenvalue weighted by molar-refractivity contribution is -0.127. The van der Waals surface area contributed by atoms with Gasteiger partial charge in [-0.1, -0.05) is 0 Å². The molecule has 0 bridgehead atoms. The fourth-order valence-electron chi connectivity index (χ4n) is 0.870. The Bertz CT molecular complexity index is 210. The first-order valence-corrected chi connectivity index (χ1v) is 4.63. The van der Waals surface area contributed by atoms with Crippen LogP contribution < -0.4 is 16.4 Å². The number of hydrogen-bond acceptors (Lipinski definition) is 5. The summed E-state index contributed by atoms with van der Waals surface area (Å²) in [6.07, 6.45) is -0.142. The van der Waals surface area contributed by atoms with E-state index in [0.29, 0.717) is 0 Å². The van der Waals surface area contributed by atoms with E-state index in [-0.39, 0.29) is 32.7 Å². The number of rotatable bonds is 7. The molecule has 0 aliphatic heterocycles. The predicted molar refractivity (Wildman–Crippen MR) is 52.8 cm³/mol. The Morgan fingerprint density at radius 3 is 2.20 bits per heavy atom. The average molecular weight is 219 g/mol. The van der Waals surface area contributed by atoms with Crippen molar-refractivity contribution < 1.29 is 19.8 Å². The Morgan fingerprint density at radius 1 is 1.13 bits per heavy atom. The molecule has 0 aliphatic carbocycles. The summed E-state index contributed by atoms with van der Waals surface area (Å²) in [7, 11) is 0. The summed E-state index contributed by atoms with van der Waals surface area (Å²) in [6.45, 7) is -0.0680. The lowest BCUT2D eigenvalue weighted by Gasteiger charge is -2.11. The molecule has 0 aliphatic rings. The van der Waals surface area contributed by atoms with Crippen LogP contribution in [0.15, 0.2) is 0 Å². The maximum Gasteiger partial charge on any atom is 0.237 e. The van der Waals surface area contributed by atoms with Crippen molar-refractivity contribution in [2.75, 3.05) is 26.3 Å². The third kappa shape index (κ3) is 6.83. The van der Waals surface area contributed by atoms with Crippen LogP contribution in [-0.4, -0.2) is 54.4 Å². The molecule has 0 rings (SSSR count). The van der Waals surface area contributed by atoms with Gasteiger partial charge in [0.05, 0.1) is 25.7 Å². The molecule has 0 fully saturated rings. The highest BCUT2D eigenvalue weighted by atomic mass is 16.3. The molecule has 0 aromatic rings. The SMILES string of the molecule is NC(CC(=O)NCCO)C(=O)NCCO. The molecule has 0 aromatic heterocycles. The van der Waals surface area contributed by atoms with Gasteiger partial charge in [-0.05, 0) is 0 Å². The van der Waals surface area contributed by atoms with Gasteiger partial charge < -0.3 is 26.6 Å². The van der Waals surface area contributed by atoms with E-state index >= 15 is 0 Å². The van der Waals surface area contributed by atoms with Crippen LogP contribution in [0.2, 0.25) is 0 Å². The van der Waals surface area contributed by atoms with Crippen molar-refractivity contribution >= 4 is 11.8 Å². The van der Waals surface area contributed by atoms with Crippen LogP contribution >= 0.6 is 0 Å². The molecule has 7 nitrogen and oxygen atoms in total. The molecular formula is C8H17N3O4. The Labute approximate surface area is 87.6 Å². The van der Waals surface area contributed by atoms with Gasteiger partial charge in [-0.2, -0.15) is 0 Å². The van der Waals surface area contributed by atoms with Crippen LogP contribution in [0, 0.1) is 0 Å². The lowest BCUT2D eigenvalue weighted by atomic mass is 10.2. The fourth-order valence-corrected chi connectivity index (χ4v) is 0.870. The summed E-state index contributed by atoms with van der Waals surface area (Å²) in [5.41, 5.74) is 5.41. The minimum absolute atomic E-state index is 0.116. The second-order valence-electron chi connectivity index (χ2n) is 2.90. The highest BCUT2D eigenvalue weighted by Gasteiger charge is 2.16. The van der Waals surface area contributed by atoms with Gasteiger partial charge in [0.25, 0.3) is 0 Å². The van der Waals surface area contributed by atoms with Gasteiger partial charge >= 0.3 is 0 Å². The van der Waals surface area contributed by atoms with E-state index in [1.807, 2.05) is 0 Å². The maximum absolute atomic E-state index is 11.1. The number of amides is 2. The zero-order valence-corrected chi connectivity index (χ0v) is 8.40. The predicted octanol–water partition coefficient (Wildman–Crippen LogP) is -3.08. The van der Waals surface area contributed by atoms with Crippen molar-refractivity contribution in [3.8, 4) is 0 Å². The maximum atomic E-state index is 11.1. The van der Waals surface area contributed by atoms with Gasteiger partial charge in [0, 0.05) is 13.1 Å². The van der Waals surface area contributed by atoms with Crippen LogP contribution in [0.25, 0.3) is 0 Å². The number of nitrogens with two attached hydrogens (primary N) is 1. The van der Waals surface area contributed by atoms with Crippen molar-refractivity contribution in [2.45, 2.75) is 12.5 Å². The van der Waals surface area contributed by atoms with Crippen LogP contribution in [-0.2, 0) is 9.59 Å². The van der Waals surface area contributed by atoms with E-state index in [1.54, 1.807) is 0 Å². The molecule has 0 saturated heterocycles. The Morgan fingerprint density at radius 2 is 1.67 bits per heavy atom. The number of aliphatic hydroxyl groups excluding tert-OH is 2. The van der Waals surface area contributed by atoms with Gasteiger partial charge in [0.2, 0.25) is 11.8 Å². The Hall–Kier alpha value is -1.18. The summed E-state index contributed by atoms with van der Waals surface area (Å²) >= 11 is 0. The number of aliphatic hydroxyl groups is 2. The second-order valence-corrected chi connectivity index (χ2v) is 2.90. The monoisotopic (exact) mass is 219 g/mol. The number of nitrogens with one attached hydrogen (secondary N) is 2.